The molecule has 45 heavy (non-hydrogen) atoms. The fourth-order valence-electron chi connectivity index (χ4n) is 6.58. The number of amides is 2. The molecule has 1 N–H and O–H groups in total. The van der Waals surface area contributed by atoms with Crippen LogP contribution >= 0.6 is 0 Å². The summed E-state index contributed by atoms with van der Waals surface area (Å²) in [6, 6.07) is 15.9. The number of ether oxygens (including phenoxy) is 2. The Bertz CT molecular complexity index is 1570. The quantitative estimate of drug-likeness (QED) is 0.298. The van der Waals surface area contributed by atoms with Gasteiger partial charge in [0.25, 0.3) is 0 Å². The van der Waals surface area contributed by atoms with Crippen LogP contribution < -0.4 is 10.8 Å². The Balaban J connectivity index is 1.34. The molecule has 1 heterocycles. The number of halogens is 3. The molecular formula is C34H40BF3N3O4-. The Morgan fingerprint density at radius 3 is 1.96 bits per heavy atom. The van der Waals surface area contributed by atoms with Crippen LogP contribution in [0.5, 0.6) is 0 Å². The SMILES string of the molecule is Cc1c(CN2CCN(C(=O)OC(C)(C)C)CC2)c(C)c([B-](F)(F)F)c(C)c1NC(=O)OCC1c2ccccc2-c2ccccc21. The topological polar surface area (TPSA) is 71.1 Å². The Kier molecular flexibility index (Phi) is 8.95. The van der Waals surface area contributed by atoms with Crippen LogP contribution in [0, 0.1) is 20.8 Å². The Hall–Kier alpha value is -3.99. The van der Waals surface area contributed by atoms with E-state index in [1.54, 1.807) is 32.6 Å². The van der Waals surface area contributed by atoms with Crippen LogP contribution in [0.15, 0.2) is 48.5 Å². The summed E-state index contributed by atoms with van der Waals surface area (Å²) in [6.45, 7) is 6.73. The first-order chi connectivity index (χ1) is 21.2. The molecule has 1 aliphatic heterocycles. The van der Waals surface area contributed by atoms with E-state index in [1.807, 2.05) is 53.4 Å². The fraction of sp³-hybridized carbons (Fsp3) is 0.412. The second-order valence-corrected chi connectivity index (χ2v) is 12.9. The van der Waals surface area contributed by atoms with Gasteiger partial charge in [0, 0.05) is 44.3 Å². The number of nitrogens with zero attached hydrogens (tertiary/aromatic N) is 2. The van der Waals surface area contributed by atoms with Crippen LogP contribution in [0.25, 0.3) is 11.1 Å². The third-order valence-corrected chi connectivity index (χ3v) is 8.77. The number of carbonyl (C=O) groups excluding carboxylic acids is 2. The smallest absolute Gasteiger partial charge is 0.448 e. The lowest BCUT2D eigenvalue weighted by Crippen LogP contribution is -2.50. The van der Waals surface area contributed by atoms with Crippen LogP contribution in [0.2, 0.25) is 0 Å². The predicted molar refractivity (Wildman–Crippen MR) is 171 cm³/mol. The number of fused-ring (bicyclic) bond motifs is 3. The molecule has 5 rings (SSSR count). The van der Waals surface area contributed by atoms with E-state index in [4.69, 9.17) is 9.47 Å². The van der Waals surface area contributed by atoms with E-state index < -0.39 is 30.2 Å². The highest BCUT2D eigenvalue weighted by molar-refractivity contribution is 6.74. The van der Waals surface area contributed by atoms with Crippen molar-refractivity contribution in [2.45, 2.75) is 59.6 Å². The standard InChI is InChI=1S/C34H40BF3N3O4/c1-21-28(19-40-15-17-41(18-16-40)33(43)45-34(4,5)6)22(2)31(23(3)30(21)35(36,37)38)39-32(42)44-20-29-26-13-9-7-11-24(26)25-12-8-10-14-27(25)29/h7-14,29H,15-20H2,1-6H3,(H,39,42)/q-1. The summed E-state index contributed by atoms with van der Waals surface area (Å²) in [5.41, 5.74) is 4.28. The third kappa shape index (κ3) is 6.83. The highest BCUT2D eigenvalue weighted by Crippen LogP contribution is 2.44. The largest absolute Gasteiger partial charge is 0.510 e. The van der Waals surface area contributed by atoms with Gasteiger partial charge in [-0.3, -0.25) is 10.2 Å². The minimum Gasteiger partial charge on any atom is -0.448 e. The van der Waals surface area contributed by atoms with Crippen molar-refractivity contribution in [3.63, 3.8) is 0 Å². The Labute approximate surface area is 262 Å². The van der Waals surface area contributed by atoms with Crippen LogP contribution in [-0.4, -0.2) is 67.4 Å². The van der Waals surface area contributed by atoms with Gasteiger partial charge in [-0.2, -0.15) is 0 Å². The number of carbonyl (C=O) groups is 2. The molecule has 11 heteroatoms. The molecule has 0 radical (unpaired) electrons. The van der Waals surface area contributed by atoms with Crippen LogP contribution in [0.3, 0.4) is 0 Å². The molecule has 0 atom stereocenters. The van der Waals surface area contributed by atoms with Gasteiger partial charge >= 0.3 is 19.2 Å². The lowest BCUT2D eigenvalue weighted by atomic mass is 9.71. The van der Waals surface area contributed by atoms with Crippen molar-refractivity contribution in [1.29, 1.82) is 0 Å². The summed E-state index contributed by atoms with van der Waals surface area (Å²) in [6.07, 6.45) is -1.20. The van der Waals surface area contributed by atoms with E-state index in [9.17, 15) is 22.5 Å². The lowest BCUT2D eigenvalue weighted by Gasteiger charge is -2.37. The van der Waals surface area contributed by atoms with E-state index in [0.29, 0.717) is 37.3 Å². The number of nitrogens with one attached hydrogen (secondary N) is 1. The average molecular weight is 623 g/mol. The van der Waals surface area contributed by atoms with Gasteiger partial charge in [0.1, 0.15) is 12.2 Å². The number of rotatable bonds is 6. The van der Waals surface area contributed by atoms with Gasteiger partial charge in [0.15, 0.2) is 0 Å². The molecule has 0 aromatic heterocycles. The van der Waals surface area contributed by atoms with Crippen LogP contribution in [-0.2, 0) is 16.0 Å². The summed E-state index contributed by atoms with van der Waals surface area (Å²) in [4.78, 5) is 29.3. The maximum atomic E-state index is 14.5. The highest BCUT2D eigenvalue weighted by atomic mass is 19.4. The van der Waals surface area contributed by atoms with Gasteiger partial charge in [-0.1, -0.05) is 59.7 Å². The first-order valence-electron chi connectivity index (χ1n) is 15.3. The third-order valence-electron chi connectivity index (χ3n) is 8.77. The minimum absolute atomic E-state index is 0.0236. The summed E-state index contributed by atoms with van der Waals surface area (Å²) in [5.74, 6) is -0.174. The van der Waals surface area contributed by atoms with Crippen molar-refractivity contribution in [3.8, 4) is 11.1 Å². The zero-order valence-corrected chi connectivity index (χ0v) is 26.7. The molecule has 1 fully saturated rings. The van der Waals surface area contributed by atoms with Crippen molar-refractivity contribution in [3.05, 3.63) is 81.9 Å². The molecule has 240 valence electrons. The summed E-state index contributed by atoms with van der Waals surface area (Å²) >= 11 is 0. The summed E-state index contributed by atoms with van der Waals surface area (Å²) < 4.78 is 54.6. The van der Waals surface area contributed by atoms with Gasteiger partial charge in [0.05, 0.1) is 0 Å². The van der Waals surface area contributed by atoms with Crippen molar-refractivity contribution >= 4 is 30.3 Å². The molecule has 1 saturated heterocycles. The Morgan fingerprint density at radius 2 is 1.42 bits per heavy atom. The van der Waals surface area contributed by atoms with Gasteiger partial charge in [-0.15, -0.1) is 5.46 Å². The summed E-state index contributed by atoms with van der Waals surface area (Å²) in [7, 11) is 0. The molecule has 1 aliphatic carbocycles. The number of piperazine rings is 1. The molecular weight excluding hydrogens is 582 g/mol. The molecule has 2 amide bonds. The van der Waals surface area contributed by atoms with Gasteiger partial charge < -0.3 is 27.3 Å². The monoisotopic (exact) mass is 622 g/mol. The molecule has 3 aromatic carbocycles. The Morgan fingerprint density at radius 1 is 0.867 bits per heavy atom. The number of hydrogen-bond acceptors (Lipinski definition) is 5. The molecule has 0 bridgehead atoms. The highest BCUT2D eigenvalue weighted by Gasteiger charge is 2.34. The van der Waals surface area contributed by atoms with E-state index >= 15 is 0 Å². The van der Waals surface area contributed by atoms with Crippen LogP contribution in [0.1, 0.15) is 60.1 Å². The minimum atomic E-state index is -5.36. The number of anilines is 1. The molecule has 0 unspecified atom stereocenters. The van der Waals surface area contributed by atoms with Gasteiger partial charge in [0.2, 0.25) is 0 Å². The van der Waals surface area contributed by atoms with E-state index in [0.717, 1.165) is 22.3 Å². The second-order valence-electron chi connectivity index (χ2n) is 12.9. The van der Waals surface area contributed by atoms with Crippen molar-refractivity contribution < 1.29 is 32.0 Å². The van der Waals surface area contributed by atoms with Crippen LogP contribution in [0.4, 0.5) is 28.2 Å². The molecule has 2 aliphatic rings. The second kappa shape index (κ2) is 12.4. The molecule has 7 nitrogen and oxygen atoms in total. The zero-order valence-electron chi connectivity index (χ0n) is 26.7. The number of hydrogen-bond donors (Lipinski definition) is 1. The number of benzene rings is 3. The molecule has 3 aromatic rings. The lowest BCUT2D eigenvalue weighted by molar-refractivity contribution is 0.0138. The normalized spacial score (nSPS) is 15.4. The van der Waals surface area contributed by atoms with Crippen molar-refractivity contribution in [1.82, 2.24) is 9.80 Å². The first-order valence-corrected chi connectivity index (χ1v) is 15.3. The average Bonchev–Trinajstić information content (AvgIpc) is 3.29. The first kappa shape index (κ1) is 32.4. The molecule has 0 spiro atoms. The van der Waals surface area contributed by atoms with Gasteiger partial charge in [-0.05, 0) is 74.9 Å². The van der Waals surface area contributed by atoms with Gasteiger partial charge in [-0.25, -0.2) is 9.59 Å². The molecule has 0 saturated carbocycles. The fourth-order valence-corrected chi connectivity index (χ4v) is 6.58. The van der Waals surface area contributed by atoms with E-state index in [2.05, 4.69) is 5.32 Å². The van der Waals surface area contributed by atoms with E-state index in [1.165, 1.54) is 13.8 Å². The predicted octanol–water partition coefficient (Wildman–Crippen LogP) is 7.08. The maximum absolute atomic E-state index is 14.5. The maximum Gasteiger partial charge on any atom is 0.510 e. The van der Waals surface area contributed by atoms with Crippen molar-refractivity contribution in [2.75, 3.05) is 38.1 Å². The van der Waals surface area contributed by atoms with E-state index in [-0.39, 0.29) is 35.9 Å². The summed E-state index contributed by atoms with van der Waals surface area (Å²) in [5, 5.41) is 2.67. The zero-order chi connectivity index (χ0) is 32.7. The van der Waals surface area contributed by atoms with Crippen molar-refractivity contribution in [2.24, 2.45) is 0 Å².